The molecule has 0 saturated heterocycles. The summed E-state index contributed by atoms with van der Waals surface area (Å²) < 4.78 is 0.694. The van der Waals surface area contributed by atoms with Gasteiger partial charge in [-0.3, -0.25) is 4.79 Å². The molecule has 0 radical (unpaired) electrons. The number of aromatic nitrogens is 1. The Hall–Kier alpha value is -1.65. The number of hydrazine groups is 1. The van der Waals surface area contributed by atoms with Crippen molar-refractivity contribution in [1.29, 1.82) is 5.26 Å². The number of nitrogen functional groups attached to an aromatic ring is 1. The lowest BCUT2D eigenvalue weighted by molar-refractivity contribution is 0.0753. The van der Waals surface area contributed by atoms with Crippen molar-refractivity contribution in [3.63, 3.8) is 0 Å². The highest BCUT2D eigenvalue weighted by molar-refractivity contribution is 9.10. The quantitative estimate of drug-likeness (QED) is 0.635. The van der Waals surface area contributed by atoms with Gasteiger partial charge in [0.05, 0.1) is 17.6 Å². The third kappa shape index (κ3) is 3.91. The first kappa shape index (κ1) is 15.4. The highest BCUT2D eigenvalue weighted by Crippen LogP contribution is 2.19. The normalized spacial score (nSPS) is 11.5. The molecule has 0 aromatic carbocycles. The fourth-order valence-corrected chi connectivity index (χ4v) is 1.95. The van der Waals surface area contributed by atoms with Gasteiger partial charge in [0.2, 0.25) is 0 Å². The topological polar surface area (TPSA) is 95.0 Å². The van der Waals surface area contributed by atoms with Crippen LogP contribution in [0.15, 0.2) is 16.7 Å². The minimum atomic E-state index is -0.224. The van der Waals surface area contributed by atoms with Gasteiger partial charge in [0.25, 0.3) is 5.91 Å². The summed E-state index contributed by atoms with van der Waals surface area (Å²) in [6.45, 7) is 4.53. The van der Waals surface area contributed by atoms with Crippen LogP contribution in [0.3, 0.4) is 0 Å². The molecule has 7 heteroatoms. The second-order valence-electron chi connectivity index (χ2n) is 4.07. The van der Waals surface area contributed by atoms with Crippen LogP contribution in [-0.2, 0) is 0 Å². The summed E-state index contributed by atoms with van der Waals surface area (Å²) in [5.41, 5.74) is 2.78. The van der Waals surface area contributed by atoms with E-state index < -0.39 is 0 Å². The van der Waals surface area contributed by atoms with E-state index in [0.717, 1.165) is 0 Å². The highest BCUT2D eigenvalue weighted by Gasteiger charge is 2.20. The largest absolute Gasteiger partial charge is 0.338 e. The van der Waals surface area contributed by atoms with Crippen molar-refractivity contribution in [3.05, 3.63) is 22.3 Å². The highest BCUT2D eigenvalue weighted by atomic mass is 79.9. The first-order chi connectivity index (χ1) is 9.03. The number of nitrogens with zero attached hydrogens (tertiary/aromatic N) is 3. The number of anilines is 1. The Morgan fingerprint density at radius 3 is 2.95 bits per heavy atom. The maximum atomic E-state index is 12.4. The molecule has 19 heavy (non-hydrogen) atoms. The first-order valence-corrected chi connectivity index (χ1v) is 6.63. The number of nitrogens with two attached hydrogens (primary N) is 1. The van der Waals surface area contributed by atoms with Crippen LogP contribution in [-0.4, -0.2) is 28.9 Å². The van der Waals surface area contributed by atoms with Crippen LogP contribution in [0.1, 0.15) is 24.2 Å². The second kappa shape index (κ2) is 7.07. The smallest absolute Gasteiger partial charge is 0.257 e. The minimum Gasteiger partial charge on any atom is -0.338 e. The number of carbonyl (C=O) groups is 1. The molecular weight excluding hydrogens is 310 g/mol. The van der Waals surface area contributed by atoms with Gasteiger partial charge in [0, 0.05) is 23.8 Å². The predicted molar refractivity (Wildman–Crippen MR) is 76.1 cm³/mol. The van der Waals surface area contributed by atoms with E-state index in [1.54, 1.807) is 24.1 Å². The van der Waals surface area contributed by atoms with Crippen molar-refractivity contribution in [2.45, 2.75) is 13.8 Å². The zero-order chi connectivity index (χ0) is 14.4. The lowest BCUT2D eigenvalue weighted by Gasteiger charge is -2.22. The molecule has 0 aliphatic rings. The number of halogens is 1. The van der Waals surface area contributed by atoms with Crippen molar-refractivity contribution in [3.8, 4) is 6.07 Å². The molecule has 0 fully saturated rings. The van der Waals surface area contributed by atoms with Gasteiger partial charge in [-0.25, -0.2) is 10.8 Å². The minimum absolute atomic E-state index is 0.202. The van der Waals surface area contributed by atoms with E-state index in [4.69, 9.17) is 11.1 Å². The third-order valence-electron chi connectivity index (χ3n) is 2.61. The SMILES string of the molecule is CCN(CC(C)C#N)C(=O)c1cc(Br)cnc1NN. The fourth-order valence-electron chi connectivity index (χ4n) is 1.61. The molecular formula is C12H16BrN5O. The number of amides is 1. The van der Waals surface area contributed by atoms with Gasteiger partial charge >= 0.3 is 0 Å². The van der Waals surface area contributed by atoms with Gasteiger partial charge in [-0.2, -0.15) is 5.26 Å². The average molecular weight is 326 g/mol. The van der Waals surface area contributed by atoms with E-state index in [-0.39, 0.29) is 11.8 Å². The molecule has 102 valence electrons. The molecule has 1 heterocycles. The monoisotopic (exact) mass is 325 g/mol. The standard InChI is InChI=1S/C12H16BrN5O/c1-3-18(7-8(2)5-14)12(19)10-4-9(13)6-16-11(10)17-15/h4,6,8H,3,7,15H2,1-2H3,(H,16,17). The van der Waals surface area contributed by atoms with E-state index in [9.17, 15) is 4.79 Å². The van der Waals surface area contributed by atoms with Crippen LogP contribution in [0.4, 0.5) is 5.82 Å². The summed E-state index contributed by atoms with van der Waals surface area (Å²) >= 11 is 3.28. The van der Waals surface area contributed by atoms with Crippen LogP contribution in [0.25, 0.3) is 0 Å². The Morgan fingerprint density at radius 2 is 2.42 bits per heavy atom. The van der Waals surface area contributed by atoms with Crippen molar-refractivity contribution in [1.82, 2.24) is 9.88 Å². The molecule has 1 unspecified atom stereocenters. The molecule has 0 aliphatic heterocycles. The average Bonchev–Trinajstić information content (AvgIpc) is 2.43. The lowest BCUT2D eigenvalue weighted by atomic mass is 10.1. The number of rotatable bonds is 5. The summed E-state index contributed by atoms with van der Waals surface area (Å²) in [5.74, 6) is 5.25. The van der Waals surface area contributed by atoms with E-state index in [0.29, 0.717) is 28.9 Å². The van der Waals surface area contributed by atoms with E-state index in [1.807, 2.05) is 6.92 Å². The number of nitriles is 1. The maximum Gasteiger partial charge on any atom is 0.257 e. The predicted octanol–water partition coefficient (Wildman–Crippen LogP) is 1.75. The molecule has 3 N–H and O–H groups in total. The first-order valence-electron chi connectivity index (χ1n) is 5.84. The van der Waals surface area contributed by atoms with E-state index in [2.05, 4.69) is 32.4 Å². The Morgan fingerprint density at radius 1 is 1.74 bits per heavy atom. The summed E-state index contributed by atoms with van der Waals surface area (Å²) in [6.07, 6.45) is 1.56. The van der Waals surface area contributed by atoms with Crippen LogP contribution >= 0.6 is 15.9 Å². The van der Waals surface area contributed by atoms with Gasteiger partial charge in [0.1, 0.15) is 0 Å². The number of pyridine rings is 1. The summed E-state index contributed by atoms with van der Waals surface area (Å²) in [4.78, 5) is 18.1. The number of nitrogens with one attached hydrogen (secondary N) is 1. The van der Waals surface area contributed by atoms with Gasteiger partial charge in [-0.15, -0.1) is 0 Å². The molecule has 0 aliphatic carbocycles. The van der Waals surface area contributed by atoms with Crippen molar-refractivity contribution < 1.29 is 4.79 Å². The van der Waals surface area contributed by atoms with Crippen LogP contribution in [0.2, 0.25) is 0 Å². The van der Waals surface area contributed by atoms with Gasteiger partial charge < -0.3 is 10.3 Å². The molecule has 0 saturated carbocycles. The lowest BCUT2D eigenvalue weighted by Crippen LogP contribution is -2.35. The Balaban J connectivity index is 3.03. The zero-order valence-corrected chi connectivity index (χ0v) is 12.4. The molecule has 1 rings (SSSR count). The van der Waals surface area contributed by atoms with E-state index in [1.165, 1.54) is 0 Å². The van der Waals surface area contributed by atoms with Gasteiger partial charge in [-0.05, 0) is 35.8 Å². The third-order valence-corrected chi connectivity index (χ3v) is 3.04. The molecule has 1 aromatic rings. The number of carbonyl (C=O) groups excluding carboxylic acids is 1. The molecule has 0 spiro atoms. The van der Waals surface area contributed by atoms with Gasteiger partial charge in [0.15, 0.2) is 5.82 Å². The summed E-state index contributed by atoms with van der Waals surface area (Å²) in [5, 5.41) is 8.84. The molecule has 0 bridgehead atoms. The maximum absolute atomic E-state index is 12.4. The number of hydrogen-bond acceptors (Lipinski definition) is 5. The van der Waals surface area contributed by atoms with Crippen molar-refractivity contribution >= 4 is 27.7 Å². The van der Waals surface area contributed by atoms with Crippen molar-refractivity contribution in [2.24, 2.45) is 11.8 Å². The second-order valence-corrected chi connectivity index (χ2v) is 4.98. The molecule has 1 atom stereocenters. The van der Waals surface area contributed by atoms with Crippen molar-refractivity contribution in [2.75, 3.05) is 18.5 Å². The van der Waals surface area contributed by atoms with Crippen LogP contribution < -0.4 is 11.3 Å². The zero-order valence-electron chi connectivity index (χ0n) is 10.9. The van der Waals surface area contributed by atoms with Crippen LogP contribution in [0.5, 0.6) is 0 Å². The Bertz CT molecular complexity index is 499. The number of hydrogen-bond donors (Lipinski definition) is 2. The molecule has 1 amide bonds. The molecule has 1 aromatic heterocycles. The Labute approximate surface area is 120 Å². The Kier molecular flexibility index (Phi) is 5.73. The molecule has 6 nitrogen and oxygen atoms in total. The van der Waals surface area contributed by atoms with Crippen LogP contribution in [0, 0.1) is 17.2 Å². The van der Waals surface area contributed by atoms with E-state index >= 15 is 0 Å². The van der Waals surface area contributed by atoms with Gasteiger partial charge in [-0.1, -0.05) is 0 Å². The summed E-state index contributed by atoms with van der Waals surface area (Å²) in [6, 6.07) is 3.77. The summed E-state index contributed by atoms with van der Waals surface area (Å²) in [7, 11) is 0. The fraction of sp³-hybridized carbons (Fsp3) is 0.417.